The van der Waals surface area contributed by atoms with E-state index in [4.69, 9.17) is 4.74 Å². The predicted molar refractivity (Wildman–Crippen MR) is 86.3 cm³/mol. The number of nitrogens with zero attached hydrogens (tertiary/aromatic N) is 1. The minimum absolute atomic E-state index is 0.201. The third-order valence-electron chi connectivity index (χ3n) is 3.62. The quantitative estimate of drug-likeness (QED) is 0.628. The second-order valence-corrected chi connectivity index (χ2v) is 5.51. The molecule has 1 saturated heterocycles. The number of ether oxygens (including phenoxy) is 1. The molecule has 2 rings (SSSR count). The summed E-state index contributed by atoms with van der Waals surface area (Å²) in [5.41, 5.74) is 0.667. The molecule has 7 nitrogen and oxygen atoms in total. The van der Waals surface area contributed by atoms with Crippen molar-refractivity contribution in [3.8, 4) is 0 Å². The van der Waals surface area contributed by atoms with Gasteiger partial charge in [0.15, 0.2) is 6.10 Å². The summed E-state index contributed by atoms with van der Waals surface area (Å²) >= 11 is 0. The summed E-state index contributed by atoms with van der Waals surface area (Å²) in [7, 11) is 0. The van der Waals surface area contributed by atoms with E-state index in [1.165, 1.54) is 31.2 Å². The van der Waals surface area contributed by atoms with Gasteiger partial charge in [-0.05, 0) is 37.6 Å². The summed E-state index contributed by atoms with van der Waals surface area (Å²) in [6, 6.07) is 5.96. The van der Waals surface area contributed by atoms with E-state index in [0.29, 0.717) is 12.2 Å². The Labute approximate surface area is 140 Å². The Hall–Kier alpha value is -2.70. The molecule has 0 spiro atoms. The molecule has 0 aromatic heterocycles. The summed E-state index contributed by atoms with van der Waals surface area (Å²) in [6.07, 6.45) is 0.299. The molecule has 1 fully saturated rings. The van der Waals surface area contributed by atoms with Gasteiger partial charge in [-0.3, -0.25) is 19.3 Å². The van der Waals surface area contributed by atoms with Crippen molar-refractivity contribution >= 4 is 29.4 Å². The highest BCUT2D eigenvalue weighted by molar-refractivity contribution is 6.19. The van der Waals surface area contributed by atoms with Gasteiger partial charge in [0, 0.05) is 19.4 Å². The van der Waals surface area contributed by atoms with Crippen LogP contribution >= 0.6 is 0 Å². The number of nitrogens with one attached hydrogen (secondary N) is 1. The number of carbonyl (C=O) groups is 4. The maximum absolute atomic E-state index is 12.0. The first-order valence-corrected chi connectivity index (χ1v) is 7.88. The molecule has 1 aliphatic heterocycles. The van der Waals surface area contributed by atoms with Crippen LogP contribution in [0.4, 0.5) is 5.69 Å². The highest BCUT2D eigenvalue weighted by Gasteiger charge is 2.30. The molecule has 24 heavy (non-hydrogen) atoms. The molecule has 0 saturated carbocycles. The van der Waals surface area contributed by atoms with Crippen LogP contribution in [0.2, 0.25) is 0 Å². The van der Waals surface area contributed by atoms with Crippen LogP contribution in [-0.2, 0) is 19.1 Å². The first kappa shape index (κ1) is 17.7. The first-order chi connectivity index (χ1) is 11.4. The standard InChI is InChI=1S/C17H20N2O5/c1-3-10-18-16(22)11(2)24-17(23)12-4-6-13(7-5-12)19-14(20)8-9-15(19)21/h4-7,11H,3,8-10H2,1-2H3,(H,18,22). The van der Waals surface area contributed by atoms with Crippen LogP contribution in [0.5, 0.6) is 0 Å². The predicted octanol–water partition coefficient (Wildman–Crippen LogP) is 1.41. The van der Waals surface area contributed by atoms with Crippen molar-refractivity contribution in [3.05, 3.63) is 29.8 Å². The van der Waals surface area contributed by atoms with E-state index in [9.17, 15) is 19.2 Å². The molecule has 1 aromatic carbocycles. The van der Waals surface area contributed by atoms with Gasteiger partial charge in [-0.15, -0.1) is 0 Å². The molecule has 0 aliphatic carbocycles. The van der Waals surface area contributed by atoms with Crippen molar-refractivity contribution in [2.75, 3.05) is 11.4 Å². The van der Waals surface area contributed by atoms with Gasteiger partial charge in [-0.1, -0.05) is 6.92 Å². The van der Waals surface area contributed by atoms with Gasteiger partial charge in [0.1, 0.15) is 0 Å². The molecule has 128 valence electrons. The first-order valence-electron chi connectivity index (χ1n) is 7.88. The minimum Gasteiger partial charge on any atom is -0.449 e. The van der Waals surface area contributed by atoms with E-state index in [1.807, 2.05) is 6.92 Å². The fourth-order valence-electron chi connectivity index (χ4n) is 2.29. The number of rotatable bonds is 6. The fraction of sp³-hybridized carbons (Fsp3) is 0.412. The summed E-state index contributed by atoms with van der Waals surface area (Å²) in [5.74, 6) is -1.50. The Morgan fingerprint density at radius 3 is 2.29 bits per heavy atom. The van der Waals surface area contributed by atoms with Gasteiger partial charge >= 0.3 is 5.97 Å². The molecule has 1 N–H and O–H groups in total. The van der Waals surface area contributed by atoms with Gasteiger partial charge in [-0.2, -0.15) is 0 Å². The molecule has 1 aliphatic rings. The van der Waals surface area contributed by atoms with Gasteiger partial charge in [0.25, 0.3) is 5.91 Å². The van der Waals surface area contributed by atoms with Gasteiger partial charge in [0.2, 0.25) is 11.8 Å². The van der Waals surface area contributed by atoms with E-state index in [2.05, 4.69) is 5.32 Å². The van der Waals surface area contributed by atoms with E-state index in [-0.39, 0.29) is 36.1 Å². The lowest BCUT2D eigenvalue weighted by Gasteiger charge is -2.15. The van der Waals surface area contributed by atoms with Gasteiger partial charge < -0.3 is 10.1 Å². The van der Waals surface area contributed by atoms with Gasteiger partial charge in [0.05, 0.1) is 11.3 Å². The zero-order valence-electron chi connectivity index (χ0n) is 13.7. The number of benzene rings is 1. The number of anilines is 1. The van der Waals surface area contributed by atoms with Crippen molar-refractivity contribution in [2.24, 2.45) is 0 Å². The fourth-order valence-corrected chi connectivity index (χ4v) is 2.29. The number of amides is 3. The number of hydrogen-bond acceptors (Lipinski definition) is 5. The SMILES string of the molecule is CCCNC(=O)C(C)OC(=O)c1ccc(N2C(=O)CCC2=O)cc1. The number of imide groups is 1. The highest BCUT2D eigenvalue weighted by Crippen LogP contribution is 2.23. The second kappa shape index (κ2) is 7.72. The normalized spacial score (nSPS) is 15.3. The molecule has 1 aromatic rings. The van der Waals surface area contributed by atoms with E-state index in [1.54, 1.807) is 0 Å². The van der Waals surface area contributed by atoms with Crippen molar-refractivity contribution in [3.63, 3.8) is 0 Å². The van der Waals surface area contributed by atoms with Crippen LogP contribution in [0.25, 0.3) is 0 Å². The Morgan fingerprint density at radius 2 is 1.75 bits per heavy atom. The summed E-state index contributed by atoms with van der Waals surface area (Å²) < 4.78 is 5.10. The minimum atomic E-state index is -0.898. The maximum Gasteiger partial charge on any atom is 0.338 e. The molecule has 1 heterocycles. The van der Waals surface area contributed by atoms with Crippen molar-refractivity contribution in [2.45, 2.75) is 39.2 Å². The lowest BCUT2D eigenvalue weighted by molar-refractivity contribution is -0.129. The smallest absolute Gasteiger partial charge is 0.338 e. The number of hydrogen-bond donors (Lipinski definition) is 1. The summed E-state index contributed by atoms with van der Waals surface area (Å²) in [4.78, 5) is 48.2. The maximum atomic E-state index is 12.0. The molecule has 3 amide bonds. The van der Waals surface area contributed by atoms with E-state index < -0.39 is 12.1 Å². The summed E-state index contributed by atoms with van der Waals surface area (Å²) in [5, 5.41) is 2.65. The highest BCUT2D eigenvalue weighted by atomic mass is 16.5. The number of carbonyl (C=O) groups excluding carboxylic acids is 4. The van der Waals surface area contributed by atoms with E-state index in [0.717, 1.165) is 11.3 Å². The second-order valence-electron chi connectivity index (χ2n) is 5.51. The lowest BCUT2D eigenvalue weighted by Crippen LogP contribution is -2.36. The zero-order chi connectivity index (χ0) is 17.7. The van der Waals surface area contributed by atoms with Crippen LogP contribution in [0, 0.1) is 0 Å². The molecular formula is C17H20N2O5. The molecule has 7 heteroatoms. The van der Waals surface area contributed by atoms with Crippen molar-refractivity contribution in [1.82, 2.24) is 5.32 Å². The molecular weight excluding hydrogens is 312 g/mol. The third kappa shape index (κ3) is 3.98. The molecule has 0 radical (unpaired) electrons. The number of esters is 1. The van der Waals surface area contributed by atoms with Crippen molar-refractivity contribution in [1.29, 1.82) is 0 Å². The summed E-state index contributed by atoms with van der Waals surface area (Å²) in [6.45, 7) is 3.94. The van der Waals surface area contributed by atoms with Crippen LogP contribution in [-0.4, -0.2) is 36.3 Å². The monoisotopic (exact) mass is 332 g/mol. The van der Waals surface area contributed by atoms with Gasteiger partial charge in [-0.25, -0.2) is 4.79 Å². The third-order valence-corrected chi connectivity index (χ3v) is 3.62. The average molecular weight is 332 g/mol. The lowest BCUT2D eigenvalue weighted by atomic mass is 10.2. The zero-order valence-corrected chi connectivity index (χ0v) is 13.7. The van der Waals surface area contributed by atoms with Crippen LogP contribution in [0.3, 0.4) is 0 Å². The van der Waals surface area contributed by atoms with Crippen LogP contribution < -0.4 is 10.2 Å². The molecule has 1 atom stereocenters. The molecule has 1 unspecified atom stereocenters. The Morgan fingerprint density at radius 1 is 1.17 bits per heavy atom. The Bertz CT molecular complexity index is 637. The van der Waals surface area contributed by atoms with Crippen LogP contribution in [0.15, 0.2) is 24.3 Å². The average Bonchev–Trinajstić information content (AvgIpc) is 2.91. The molecule has 0 bridgehead atoms. The Kier molecular flexibility index (Phi) is 5.68. The topological polar surface area (TPSA) is 92.8 Å². The van der Waals surface area contributed by atoms with E-state index >= 15 is 0 Å². The largest absolute Gasteiger partial charge is 0.449 e. The van der Waals surface area contributed by atoms with Crippen molar-refractivity contribution < 1.29 is 23.9 Å². The van der Waals surface area contributed by atoms with Crippen LogP contribution in [0.1, 0.15) is 43.5 Å². The Balaban J connectivity index is 2.00.